The third-order valence-corrected chi connectivity index (χ3v) is 3.10. The van der Waals surface area contributed by atoms with Crippen LogP contribution in [0.2, 0.25) is 0 Å². The molecule has 1 atom stereocenters. The van der Waals surface area contributed by atoms with Crippen molar-refractivity contribution < 1.29 is 19.1 Å². The molecule has 0 saturated carbocycles. The Morgan fingerprint density at radius 1 is 1.53 bits per heavy atom. The van der Waals surface area contributed by atoms with Crippen molar-refractivity contribution in [2.24, 2.45) is 5.41 Å². The second-order valence-electron chi connectivity index (χ2n) is 5.75. The van der Waals surface area contributed by atoms with Crippen LogP contribution in [-0.4, -0.2) is 48.9 Å². The SMILES string of the molecule is CC(C)(C)C(CN1CCCC1=O)OC(=O)NCC=O. The van der Waals surface area contributed by atoms with Crippen LogP contribution >= 0.6 is 0 Å². The molecular weight excluding hydrogens is 248 g/mol. The zero-order valence-corrected chi connectivity index (χ0v) is 11.8. The molecule has 0 bridgehead atoms. The van der Waals surface area contributed by atoms with Crippen LogP contribution in [0.15, 0.2) is 0 Å². The lowest BCUT2D eigenvalue weighted by molar-refractivity contribution is -0.129. The minimum Gasteiger partial charge on any atom is -0.444 e. The molecule has 0 aromatic heterocycles. The van der Waals surface area contributed by atoms with Gasteiger partial charge in [0.05, 0.1) is 13.1 Å². The molecule has 19 heavy (non-hydrogen) atoms. The van der Waals surface area contributed by atoms with Crippen LogP contribution in [0, 0.1) is 5.41 Å². The normalized spacial score (nSPS) is 17.2. The minimum absolute atomic E-state index is 0.0711. The van der Waals surface area contributed by atoms with Crippen LogP contribution < -0.4 is 5.32 Å². The zero-order valence-electron chi connectivity index (χ0n) is 11.8. The Morgan fingerprint density at radius 3 is 2.68 bits per heavy atom. The van der Waals surface area contributed by atoms with Gasteiger partial charge in [0.2, 0.25) is 5.91 Å². The number of ether oxygens (including phenoxy) is 1. The number of aldehydes is 1. The molecule has 0 radical (unpaired) electrons. The fourth-order valence-corrected chi connectivity index (χ4v) is 1.88. The Morgan fingerprint density at radius 2 is 2.21 bits per heavy atom. The molecule has 1 aliphatic heterocycles. The summed E-state index contributed by atoms with van der Waals surface area (Å²) in [6.45, 7) is 6.89. The number of hydrogen-bond acceptors (Lipinski definition) is 4. The van der Waals surface area contributed by atoms with E-state index in [1.807, 2.05) is 20.8 Å². The predicted molar refractivity (Wildman–Crippen MR) is 69.6 cm³/mol. The molecule has 1 saturated heterocycles. The van der Waals surface area contributed by atoms with Crippen LogP contribution in [0.5, 0.6) is 0 Å². The fourth-order valence-electron chi connectivity index (χ4n) is 1.88. The fraction of sp³-hybridized carbons (Fsp3) is 0.769. The van der Waals surface area contributed by atoms with Gasteiger partial charge < -0.3 is 19.7 Å². The first-order valence-corrected chi connectivity index (χ1v) is 6.50. The van der Waals surface area contributed by atoms with E-state index in [2.05, 4.69) is 5.32 Å². The van der Waals surface area contributed by atoms with Crippen molar-refractivity contribution in [3.8, 4) is 0 Å². The number of amides is 2. The maximum atomic E-state index is 11.6. The van der Waals surface area contributed by atoms with Gasteiger partial charge in [0, 0.05) is 18.4 Å². The van der Waals surface area contributed by atoms with Crippen molar-refractivity contribution in [2.75, 3.05) is 19.6 Å². The Balaban J connectivity index is 2.59. The van der Waals surface area contributed by atoms with Gasteiger partial charge in [-0.2, -0.15) is 0 Å². The lowest BCUT2D eigenvalue weighted by Crippen LogP contribution is -2.44. The van der Waals surface area contributed by atoms with Gasteiger partial charge in [0.1, 0.15) is 12.4 Å². The predicted octanol–water partition coefficient (Wildman–Crippen LogP) is 0.949. The summed E-state index contributed by atoms with van der Waals surface area (Å²) >= 11 is 0. The number of alkyl carbamates (subject to hydrolysis) is 1. The topological polar surface area (TPSA) is 75.7 Å². The highest BCUT2D eigenvalue weighted by Crippen LogP contribution is 2.25. The van der Waals surface area contributed by atoms with E-state index >= 15 is 0 Å². The van der Waals surface area contributed by atoms with E-state index in [1.165, 1.54) is 0 Å². The minimum atomic E-state index is -0.626. The smallest absolute Gasteiger partial charge is 0.407 e. The maximum Gasteiger partial charge on any atom is 0.407 e. The molecule has 0 spiro atoms. The molecule has 1 rings (SSSR count). The Hall–Kier alpha value is -1.59. The highest BCUT2D eigenvalue weighted by Gasteiger charge is 2.33. The average Bonchev–Trinajstić information content (AvgIpc) is 2.70. The summed E-state index contributed by atoms with van der Waals surface area (Å²) < 4.78 is 5.32. The molecule has 6 nitrogen and oxygen atoms in total. The number of nitrogens with zero attached hydrogens (tertiary/aromatic N) is 1. The van der Waals surface area contributed by atoms with E-state index < -0.39 is 12.2 Å². The van der Waals surface area contributed by atoms with Gasteiger partial charge in [-0.05, 0) is 6.42 Å². The third-order valence-electron chi connectivity index (χ3n) is 3.10. The van der Waals surface area contributed by atoms with Crippen LogP contribution in [0.25, 0.3) is 0 Å². The van der Waals surface area contributed by atoms with Crippen molar-refractivity contribution in [1.82, 2.24) is 10.2 Å². The standard InChI is InChI=1S/C13H22N2O4/c1-13(2,3)10(19-12(18)14-6-8-16)9-15-7-4-5-11(15)17/h8,10H,4-7,9H2,1-3H3,(H,14,18). The van der Waals surface area contributed by atoms with Crippen molar-refractivity contribution >= 4 is 18.3 Å². The zero-order chi connectivity index (χ0) is 14.5. The van der Waals surface area contributed by atoms with E-state index in [0.717, 1.165) is 6.42 Å². The van der Waals surface area contributed by atoms with Crippen molar-refractivity contribution in [3.63, 3.8) is 0 Å². The lowest BCUT2D eigenvalue weighted by atomic mass is 9.88. The molecule has 0 aromatic rings. The third kappa shape index (κ3) is 4.89. The van der Waals surface area contributed by atoms with Gasteiger partial charge in [0.15, 0.2) is 0 Å². The molecule has 1 aliphatic rings. The quantitative estimate of drug-likeness (QED) is 0.755. The van der Waals surface area contributed by atoms with Crippen molar-refractivity contribution in [1.29, 1.82) is 0 Å². The van der Waals surface area contributed by atoms with Crippen LogP contribution in [-0.2, 0) is 14.3 Å². The van der Waals surface area contributed by atoms with E-state index in [9.17, 15) is 14.4 Å². The van der Waals surface area contributed by atoms with Gasteiger partial charge in [-0.15, -0.1) is 0 Å². The molecule has 108 valence electrons. The monoisotopic (exact) mass is 270 g/mol. The summed E-state index contributed by atoms with van der Waals surface area (Å²) in [5.41, 5.74) is -0.276. The van der Waals surface area contributed by atoms with E-state index in [4.69, 9.17) is 4.74 Å². The van der Waals surface area contributed by atoms with Crippen molar-refractivity contribution in [2.45, 2.75) is 39.7 Å². The summed E-state index contributed by atoms with van der Waals surface area (Å²) in [4.78, 5) is 35.1. The summed E-state index contributed by atoms with van der Waals surface area (Å²) in [5, 5.41) is 2.34. The van der Waals surface area contributed by atoms with Gasteiger partial charge in [-0.25, -0.2) is 4.79 Å². The molecule has 1 heterocycles. The maximum absolute atomic E-state index is 11.6. The number of carbonyl (C=O) groups excluding carboxylic acids is 3. The Kier molecular flexibility index (Phi) is 5.32. The Labute approximate surface area is 113 Å². The van der Waals surface area contributed by atoms with E-state index in [0.29, 0.717) is 25.8 Å². The number of likely N-dealkylation sites (tertiary alicyclic amines) is 1. The van der Waals surface area contributed by atoms with Gasteiger partial charge >= 0.3 is 6.09 Å². The van der Waals surface area contributed by atoms with Gasteiger partial charge in [-0.3, -0.25) is 4.79 Å². The second kappa shape index (κ2) is 6.54. The second-order valence-corrected chi connectivity index (χ2v) is 5.75. The number of nitrogens with one attached hydrogen (secondary N) is 1. The van der Waals surface area contributed by atoms with Crippen LogP contribution in [0.1, 0.15) is 33.6 Å². The molecular formula is C13H22N2O4. The van der Waals surface area contributed by atoms with Crippen LogP contribution in [0.3, 0.4) is 0 Å². The average molecular weight is 270 g/mol. The number of hydrogen-bond donors (Lipinski definition) is 1. The lowest BCUT2D eigenvalue weighted by Gasteiger charge is -2.33. The van der Waals surface area contributed by atoms with Crippen LogP contribution in [0.4, 0.5) is 4.79 Å². The summed E-state index contributed by atoms with van der Waals surface area (Å²) in [6.07, 6.45) is 0.985. The molecule has 0 aliphatic carbocycles. The summed E-state index contributed by atoms with van der Waals surface area (Å²) in [5.74, 6) is 0.103. The summed E-state index contributed by atoms with van der Waals surface area (Å²) in [6, 6.07) is 0. The molecule has 2 amide bonds. The first-order chi connectivity index (χ1) is 8.84. The first kappa shape index (κ1) is 15.5. The van der Waals surface area contributed by atoms with E-state index in [1.54, 1.807) is 4.90 Å². The van der Waals surface area contributed by atoms with Gasteiger partial charge in [-0.1, -0.05) is 20.8 Å². The van der Waals surface area contributed by atoms with E-state index in [-0.39, 0.29) is 17.9 Å². The molecule has 1 N–H and O–H groups in total. The molecule has 0 aromatic carbocycles. The molecule has 1 fully saturated rings. The molecule has 1 unspecified atom stereocenters. The first-order valence-electron chi connectivity index (χ1n) is 6.50. The Bertz CT molecular complexity index is 349. The molecule has 6 heteroatoms. The summed E-state index contributed by atoms with van der Waals surface area (Å²) in [7, 11) is 0. The van der Waals surface area contributed by atoms with Crippen molar-refractivity contribution in [3.05, 3.63) is 0 Å². The van der Waals surface area contributed by atoms with Gasteiger partial charge in [0.25, 0.3) is 0 Å². The number of carbonyl (C=O) groups is 3. The largest absolute Gasteiger partial charge is 0.444 e. The highest BCUT2D eigenvalue weighted by molar-refractivity contribution is 5.78. The number of rotatable bonds is 5. The highest BCUT2D eigenvalue weighted by atomic mass is 16.6.